The molecule has 1 aliphatic heterocycles. The van der Waals surface area contributed by atoms with E-state index in [1.165, 1.54) is 23.4 Å². The topological polar surface area (TPSA) is 36.0 Å². The Morgan fingerprint density at radius 3 is 2.18 bits per heavy atom. The van der Waals surface area contributed by atoms with Gasteiger partial charge in [0, 0.05) is 50.5 Å². The van der Waals surface area contributed by atoms with Crippen LogP contribution in [0, 0.1) is 6.92 Å². The Bertz CT molecular complexity index is 1190. The van der Waals surface area contributed by atoms with Gasteiger partial charge in [-0.1, -0.05) is 30.3 Å². The number of aryl methyl sites for hydroxylation is 1. The molecule has 1 saturated heterocycles. The highest BCUT2D eigenvalue weighted by atomic mass is 19.4. The summed E-state index contributed by atoms with van der Waals surface area (Å²) in [4.78, 5) is 19.2. The molecule has 4 rings (SSSR count). The third-order valence-corrected chi connectivity index (χ3v) is 6.92. The van der Waals surface area contributed by atoms with Crippen LogP contribution in [0.3, 0.4) is 0 Å². The summed E-state index contributed by atoms with van der Waals surface area (Å²) in [7, 11) is 0. The number of hydrogen-bond acceptors (Lipinski definition) is 4. The van der Waals surface area contributed by atoms with Gasteiger partial charge in [-0.3, -0.25) is 9.69 Å². The van der Waals surface area contributed by atoms with Crippen molar-refractivity contribution in [1.82, 2.24) is 9.80 Å². The number of para-hydroxylation sites is 1. The molecule has 0 saturated carbocycles. The van der Waals surface area contributed by atoms with E-state index in [0.29, 0.717) is 44.9 Å². The van der Waals surface area contributed by atoms with E-state index in [0.717, 1.165) is 36.5 Å². The van der Waals surface area contributed by atoms with Gasteiger partial charge in [0.05, 0.1) is 12.1 Å². The average Bonchev–Trinajstić information content (AvgIpc) is 2.92. The van der Waals surface area contributed by atoms with Crippen molar-refractivity contribution in [3.05, 3.63) is 95.1 Å². The van der Waals surface area contributed by atoms with Crippen LogP contribution in [0.5, 0.6) is 5.75 Å². The molecule has 1 aliphatic rings. The number of halogens is 3. The van der Waals surface area contributed by atoms with Crippen LogP contribution in [-0.2, 0) is 12.7 Å². The Balaban J connectivity index is 1.23. The largest absolute Gasteiger partial charge is 0.492 e. The molecule has 5 nitrogen and oxygen atoms in total. The Labute approximate surface area is 222 Å². The number of alkyl halides is 3. The molecule has 0 aromatic heterocycles. The lowest BCUT2D eigenvalue weighted by Crippen LogP contribution is -2.48. The van der Waals surface area contributed by atoms with E-state index < -0.39 is 11.7 Å². The Morgan fingerprint density at radius 1 is 0.921 bits per heavy atom. The lowest BCUT2D eigenvalue weighted by Gasteiger charge is -2.34. The quantitative estimate of drug-likeness (QED) is 0.350. The molecule has 1 heterocycles. The van der Waals surface area contributed by atoms with E-state index in [-0.39, 0.29) is 5.91 Å². The second-order valence-electron chi connectivity index (χ2n) is 9.50. The first-order chi connectivity index (χ1) is 18.2. The van der Waals surface area contributed by atoms with Crippen LogP contribution in [0.25, 0.3) is 0 Å². The fourth-order valence-corrected chi connectivity index (χ4v) is 4.68. The SMILES string of the molecule is CCN(CCOc1ccc(C(=O)N2CCN(Cc3ccc(C(F)(F)F)cc3)CC2)cc1)c1ccccc1C. The highest BCUT2D eigenvalue weighted by Gasteiger charge is 2.30. The third kappa shape index (κ3) is 7.07. The zero-order valence-corrected chi connectivity index (χ0v) is 21.9. The monoisotopic (exact) mass is 525 g/mol. The number of anilines is 1. The minimum Gasteiger partial charge on any atom is -0.492 e. The lowest BCUT2D eigenvalue weighted by molar-refractivity contribution is -0.137. The van der Waals surface area contributed by atoms with E-state index in [2.05, 4.69) is 35.8 Å². The highest BCUT2D eigenvalue weighted by molar-refractivity contribution is 5.94. The van der Waals surface area contributed by atoms with Crippen molar-refractivity contribution in [1.29, 1.82) is 0 Å². The summed E-state index contributed by atoms with van der Waals surface area (Å²) < 4.78 is 44.3. The fourth-order valence-electron chi connectivity index (χ4n) is 4.68. The van der Waals surface area contributed by atoms with Gasteiger partial charge in [-0.05, 0) is 67.4 Å². The number of carbonyl (C=O) groups excluding carboxylic acids is 1. The molecule has 0 atom stereocenters. The van der Waals surface area contributed by atoms with Crippen molar-refractivity contribution < 1.29 is 22.7 Å². The molecule has 0 radical (unpaired) electrons. The molecule has 0 spiro atoms. The third-order valence-electron chi connectivity index (χ3n) is 6.92. The first kappa shape index (κ1) is 27.5. The van der Waals surface area contributed by atoms with Crippen LogP contribution in [0.1, 0.15) is 34.0 Å². The molecule has 1 amide bonds. The van der Waals surface area contributed by atoms with Gasteiger partial charge in [0.2, 0.25) is 0 Å². The summed E-state index contributed by atoms with van der Waals surface area (Å²) in [5.41, 5.74) is 3.24. The van der Waals surface area contributed by atoms with Crippen molar-refractivity contribution in [2.24, 2.45) is 0 Å². The number of piperazine rings is 1. The molecule has 0 bridgehead atoms. The van der Waals surface area contributed by atoms with Crippen molar-refractivity contribution in [3.8, 4) is 5.75 Å². The predicted molar refractivity (Wildman–Crippen MR) is 144 cm³/mol. The van der Waals surface area contributed by atoms with Crippen LogP contribution >= 0.6 is 0 Å². The average molecular weight is 526 g/mol. The smallest absolute Gasteiger partial charge is 0.416 e. The zero-order valence-electron chi connectivity index (χ0n) is 21.9. The fraction of sp³-hybridized carbons (Fsp3) is 0.367. The van der Waals surface area contributed by atoms with E-state index in [9.17, 15) is 18.0 Å². The molecule has 0 aliphatic carbocycles. The van der Waals surface area contributed by atoms with Crippen molar-refractivity contribution in [2.45, 2.75) is 26.6 Å². The Hall–Kier alpha value is -3.52. The molecule has 1 fully saturated rings. The van der Waals surface area contributed by atoms with Crippen LogP contribution in [0.15, 0.2) is 72.8 Å². The molecule has 202 valence electrons. The van der Waals surface area contributed by atoms with Gasteiger partial charge in [0.15, 0.2) is 0 Å². The summed E-state index contributed by atoms with van der Waals surface area (Å²) in [5.74, 6) is 0.700. The molecular weight excluding hydrogens is 491 g/mol. The van der Waals surface area contributed by atoms with E-state index in [1.54, 1.807) is 12.1 Å². The first-order valence-electron chi connectivity index (χ1n) is 13.0. The summed E-state index contributed by atoms with van der Waals surface area (Å²) in [6, 6.07) is 20.8. The minimum atomic E-state index is -4.33. The number of hydrogen-bond donors (Lipinski definition) is 0. The number of nitrogens with zero attached hydrogens (tertiary/aromatic N) is 3. The number of rotatable bonds is 9. The number of amides is 1. The maximum atomic E-state index is 13.0. The summed E-state index contributed by atoms with van der Waals surface area (Å²) in [5, 5.41) is 0. The van der Waals surface area contributed by atoms with E-state index in [4.69, 9.17) is 4.74 Å². The molecular formula is C30H34F3N3O2. The second kappa shape index (κ2) is 12.3. The van der Waals surface area contributed by atoms with Gasteiger partial charge in [0.25, 0.3) is 5.91 Å². The van der Waals surface area contributed by atoms with Crippen LogP contribution in [0.4, 0.5) is 18.9 Å². The Morgan fingerprint density at radius 2 is 1.58 bits per heavy atom. The predicted octanol–water partition coefficient (Wildman–Crippen LogP) is 5.88. The normalized spacial score (nSPS) is 14.4. The molecule has 8 heteroatoms. The highest BCUT2D eigenvalue weighted by Crippen LogP contribution is 2.29. The standard InChI is InChI=1S/C30H34F3N3O2/c1-3-35(28-7-5-4-6-23(28)2)20-21-38-27-14-10-25(11-15-27)29(37)36-18-16-34(17-19-36)22-24-8-12-26(13-9-24)30(31,32)33/h4-15H,3,16-22H2,1-2H3. The number of carbonyl (C=O) groups is 1. The van der Waals surface area contributed by atoms with Crippen molar-refractivity contribution >= 4 is 11.6 Å². The molecule has 0 N–H and O–H groups in total. The maximum absolute atomic E-state index is 13.0. The molecule has 3 aromatic carbocycles. The van der Waals surface area contributed by atoms with Gasteiger partial charge >= 0.3 is 6.18 Å². The van der Waals surface area contributed by atoms with Gasteiger partial charge in [0.1, 0.15) is 12.4 Å². The maximum Gasteiger partial charge on any atom is 0.416 e. The summed E-state index contributed by atoms with van der Waals surface area (Å²) >= 11 is 0. The number of ether oxygens (including phenoxy) is 1. The van der Waals surface area contributed by atoms with Crippen LogP contribution < -0.4 is 9.64 Å². The number of likely N-dealkylation sites (N-methyl/N-ethyl adjacent to an activating group) is 1. The van der Waals surface area contributed by atoms with Gasteiger partial charge in [-0.2, -0.15) is 13.2 Å². The zero-order chi connectivity index (χ0) is 27.1. The second-order valence-corrected chi connectivity index (χ2v) is 9.50. The molecule has 38 heavy (non-hydrogen) atoms. The van der Waals surface area contributed by atoms with E-state index >= 15 is 0 Å². The van der Waals surface area contributed by atoms with Crippen LogP contribution in [-0.4, -0.2) is 61.6 Å². The lowest BCUT2D eigenvalue weighted by atomic mass is 10.1. The molecule has 0 unspecified atom stereocenters. The minimum absolute atomic E-state index is 0.0255. The summed E-state index contributed by atoms with van der Waals surface area (Å²) in [6.07, 6.45) is -4.33. The van der Waals surface area contributed by atoms with Crippen molar-refractivity contribution in [2.75, 3.05) is 50.8 Å². The number of benzene rings is 3. The first-order valence-corrected chi connectivity index (χ1v) is 13.0. The van der Waals surface area contributed by atoms with Crippen LogP contribution in [0.2, 0.25) is 0 Å². The van der Waals surface area contributed by atoms with Gasteiger partial charge in [-0.25, -0.2) is 0 Å². The van der Waals surface area contributed by atoms with Gasteiger partial charge in [-0.15, -0.1) is 0 Å². The van der Waals surface area contributed by atoms with Crippen molar-refractivity contribution in [3.63, 3.8) is 0 Å². The van der Waals surface area contributed by atoms with Gasteiger partial charge < -0.3 is 14.5 Å². The van der Waals surface area contributed by atoms with E-state index in [1.807, 2.05) is 29.2 Å². The summed E-state index contributed by atoms with van der Waals surface area (Å²) in [6.45, 7) is 9.47. The molecule has 3 aromatic rings. The Kier molecular flexibility index (Phi) is 8.94.